The van der Waals surface area contributed by atoms with E-state index in [0.717, 1.165) is 43.8 Å². The number of methoxy groups -OCH3 is 1. The predicted octanol–water partition coefficient (Wildman–Crippen LogP) is 4.90. The van der Waals surface area contributed by atoms with E-state index < -0.39 is 0 Å². The van der Waals surface area contributed by atoms with Gasteiger partial charge in [-0.05, 0) is 49.6 Å². The quantitative estimate of drug-likeness (QED) is 0.817. The summed E-state index contributed by atoms with van der Waals surface area (Å²) in [6, 6.07) is 15.7. The Morgan fingerprint density at radius 3 is 2.67 bits per heavy atom. The highest BCUT2D eigenvalue weighted by Crippen LogP contribution is 2.29. The molecule has 0 saturated carbocycles. The lowest BCUT2D eigenvalue weighted by Gasteiger charge is -2.25. The van der Waals surface area contributed by atoms with Crippen molar-refractivity contribution in [3.63, 3.8) is 0 Å². The summed E-state index contributed by atoms with van der Waals surface area (Å²) in [5, 5.41) is 3.03. The molecule has 144 valence electrons. The van der Waals surface area contributed by atoms with Gasteiger partial charge in [0.1, 0.15) is 11.5 Å². The van der Waals surface area contributed by atoms with Crippen molar-refractivity contribution in [1.29, 1.82) is 0 Å². The molecule has 1 aliphatic heterocycles. The van der Waals surface area contributed by atoms with Crippen LogP contribution in [0.15, 0.2) is 48.5 Å². The second-order valence-electron chi connectivity index (χ2n) is 6.77. The fourth-order valence-electron chi connectivity index (χ4n) is 3.52. The molecule has 27 heavy (non-hydrogen) atoms. The van der Waals surface area contributed by atoms with Crippen LogP contribution in [0, 0.1) is 0 Å². The number of anilines is 1. The number of hydrogen-bond donors (Lipinski definition) is 1. The number of rotatable bonds is 5. The van der Waals surface area contributed by atoms with Gasteiger partial charge in [0.25, 0.3) is 0 Å². The van der Waals surface area contributed by atoms with Crippen molar-refractivity contribution < 1.29 is 14.3 Å². The second-order valence-corrected chi connectivity index (χ2v) is 6.77. The lowest BCUT2D eigenvalue weighted by molar-refractivity contribution is 0.211. The smallest absolute Gasteiger partial charge is 0.321 e. The average Bonchev–Trinajstić information content (AvgIpc) is 2.96. The summed E-state index contributed by atoms with van der Waals surface area (Å²) in [6.45, 7) is 3.99. The number of benzene rings is 2. The standard InChI is InChI=1S/C22H28N2O3/c1-3-27-21-10-5-4-9-20(21)23-22(25)24-15-7-6-8-18(16-24)17-11-13-19(26-2)14-12-17/h4-5,9-14,18H,3,6-8,15-16H2,1-2H3,(H,23,25). The van der Waals surface area contributed by atoms with Gasteiger partial charge >= 0.3 is 6.03 Å². The van der Waals surface area contributed by atoms with Crippen LogP contribution in [-0.4, -0.2) is 37.7 Å². The van der Waals surface area contributed by atoms with Crippen LogP contribution in [-0.2, 0) is 0 Å². The predicted molar refractivity (Wildman–Crippen MR) is 108 cm³/mol. The first-order valence-electron chi connectivity index (χ1n) is 9.63. The molecule has 1 aliphatic rings. The molecule has 0 aliphatic carbocycles. The summed E-state index contributed by atoms with van der Waals surface area (Å²) in [5.74, 6) is 1.90. The fourth-order valence-corrected chi connectivity index (χ4v) is 3.52. The van der Waals surface area contributed by atoms with Crippen molar-refractivity contribution in [2.75, 3.05) is 32.1 Å². The Hall–Kier alpha value is -2.69. The maximum atomic E-state index is 12.9. The summed E-state index contributed by atoms with van der Waals surface area (Å²) in [7, 11) is 1.67. The highest BCUT2D eigenvalue weighted by molar-refractivity contribution is 5.91. The van der Waals surface area contributed by atoms with Crippen molar-refractivity contribution in [3.8, 4) is 11.5 Å². The molecule has 3 rings (SSSR count). The zero-order valence-corrected chi connectivity index (χ0v) is 16.1. The number of carbonyl (C=O) groups excluding carboxylic acids is 1. The van der Waals surface area contributed by atoms with Gasteiger partial charge in [-0.25, -0.2) is 4.79 Å². The van der Waals surface area contributed by atoms with E-state index in [1.165, 1.54) is 5.56 Å². The number of nitrogens with zero attached hydrogens (tertiary/aromatic N) is 1. The lowest BCUT2D eigenvalue weighted by atomic mass is 9.94. The summed E-state index contributed by atoms with van der Waals surface area (Å²) in [5.41, 5.74) is 1.97. The van der Waals surface area contributed by atoms with Gasteiger partial charge in [0.15, 0.2) is 0 Å². The van der Waals surface area contributed by atoms with Gasteiger partial charge in [-0.3, -0.25) is 0 Å². The summed E-state index contributed by atoms with van der Waals surface area (Å²) >= 11 is 0. The van der Waals surface area contributed by atoms with E-state index in [9.17, 15) is 4.79 Å². The Kier molecular flexibility index (Phi) is 6.58. The third-order valence-electron chi connectivity index (χ3n) is 4.97. The molecule has 1 unspecified atom stereocenters. The molecule has 0 radical (unpaired) electrons. The van der Waals surface area contributed by atoms with Crippen molar-refractivity contribution in [1.82, 2.24) is 4.90 Å². The van der Waals surface area contributed by atoms with Crippen molar-refractivity contribution >= 4 is 11.7 Å². The van der Waals surface area contributed by atoms with E-state index in [4.69, 9.17) is 9.47 Å². The van der Waals surface area contributed by atoms with Crippen LogP contribution in [0.2, 0.25) is 0 Å². The Balaban J connectivity index is 1.70. The third-order valence-corrected chi connectivity index (χ3v) is 4.97. The number of amides is 2. The monoisotopic (exact) mass is 368 g/mol. The molecule has 5 nitrogen and oxygen atoms in total. The first kappa shape index (κ1) is 19.1. The lowest BCUT2D eigenvalue weighted by Crippen LogP contribution is -2.37. The number of para-hydroxylation sites is 2. The molecule has 2 amide bonds. The van der Waals surface area contributed by atoms with Crippen LogP contribution in [0.3, 0.4) is 0 Å². The third kappa shape index (κ3) is 4.94. The van der Waals surface area contributed by atoms with Gasteiger partial charge in [-0.2, -0.15) is 0 Å². The van der Waals surface area contributed by atoms with Crippen LogP contribution in [0.1, 0.15) is 37.7 Å². The molecule has 1 heterocycles. The molecular weight excluding hydrogens is 340 g/mol. The maximum absolute atomic E-state index is 12.9. The van der Waals surface area contributed by atoms with Crippen LogP contribution < -0.4 is 14.8 Å². The first-order valence-corrected chi connectivity index (χ1v) is 9.63. The Morgan fingerprint density at radius 2 is 1.93 bits per heavy atom. The zero-order valence-electron chi connectivity index (χ0n) is 16.1. The molecule has 1 N–H and O–H groups in total. The topological polar surface area (TPSA) is 50.8 Å². The van der Waals surface area contributed by atoms with E-state index >= 15 is 0 Å². The molecule has 0 aromatic heterocycles. The zero-order chi connectivity index (χ0) is 19.1. The minimum Gasteiger partial charge on any atom is -0.497 e. The summed E-state index contributed by atoms with van der Waals surface area (Å²) in [4.78, 5) is 14.8. The van der Waals surface area contributed by atoms with Gasteiger partial charge in [0.05, 0.1) is 19.4 Å². The fraction of sp³-hybridized carbons (Fsp3) is 0.409. The molecular formula is C22H28N2O3. The Morgan fingerprint density at radius 1 is 1.15 bits per heavy atom. The van der Waals surface area contributed by atoms with E-state index in [0.29, 0.717) is 18.3 Å². The minimum atomic E-state index is -0.0671. The molecule has 0 bridgehead atoms. The molecule has 1 atom stereocenters. The second kappa shape index (κ2) is 9.31. The van der Waals surface area contributed by atoms with Gasteiger partial charge in [-0.15, -0.1) is 0 Å². The van der Waals surface area contributed by atoms with Crippen molar-refractivity contribution in [2.45, 2.75) is 32.1 Å². The van der Waals surface area contributed by atoms with Crippen LogP contribution in [0.25, 0.3) is 0 Å². The Labute approximate surface area is 161 Å². The molecule has 1 fully saturated rings. The minimum absolute atomic E-state index is 0.0671. The van der Waals surface area contributed by atoms with Crippen LogP contribution in [0.4, 0.5) is 10.5 Å². The number of ether oxygens (including phenoxy) is 2. The number of carbonyl (C=O) groups is 1. The van der Waals surface area contributed by atoms with E-state index in [1.807, 2.05) is 48.2 Å². The number of likely N-dealkylation sites (tertiary alicyclic amines) is 1. The molecule has 0 spiro atoms. The van der Waals surface area contributed by atoms with Gasteiger partial charge in [0, 0.05) is 19.0 Å². The van der Waals surface area contributed by atoms with Gasteiger partial charge < -0.3 is 19.7 Å². The molecule has 2 aromatic carbocycles. The number of nitrogens with one attached hydrogen (secondary N) is 1. The van der Waals surface area contributed by atoms with Crippen molar-refractivity contribution in [3.05, 3.63) is 54.1 Å². The van der Waals surface area contributed by atoms with Gasteiger partial charge in [0.2, 0.25) is 0 Å². The Bertz CT molecular complexity index is 745. The summed E-state index contributed by atoms with van der Waals surface area (Å²) in [6.07, 6.45) is 3.23. The van der Waals surface area contributed by atoms with Gasteiger partial charge in [-0.1, -0.05) is 30.7 Å². The molecule has 2 aromatic rings. The summed E-state index contributed by atoms with van der Waals surface area (Å²) < 4.78 is 10.9. The SMILES string of the molecule is CCOc1ccccc1NC(=O)N1CCCCC(c2ccc(OC)cc2)C1. The van der Waals surface area contributed by atoms with E-state index in [1.54, 1.807) is 7.11 Å². The highest BCUT2D eigenvalue weighted by atomic mass is 16.5. The first-order chi connectivity index (χ1) is 13.2. The van der Waals surface area contributed by atoms with Crippen LogP contribution >= 0.6 is 0 Å². The molecule has 1 saturated heterocycles. The van der Waals surface area contributed by atoms with E-state index in [-0.39, 0.29) is 6.03 Å². The van der Waals surface area contributed by atoms with E-state index in [2.05, 4.69) is 17.4 Å². The maximum Gasteiger partial charge on any atom is 0.321 e. The van der Waals surface area contributed by atoms with Crippen molar-refractivity contribution in [2.24, 2.45) is 0 Å². The normalized spacial score (nSPS) is 17.1. The average molecular weight is 368 g/mol. The number of urea groups is 1. The number of hydrogen-bond acceptors (Lipinski definition) is 3. The molecule has 5 heteroatoms. The largest absolute Gasteiger partial charge is 0.497 e. The highest BCUT2D eigenvalue weighted by Gasteiger charge is 2.23. The van der Waals surface area contributed by atoms with Crippen LogP contribution in [0.5, 0.6) is 11.5 Å².